The summed E-state index contributed by atoms with van der Waals surface area (Å²) in [6, 6.07) is 4.93. The maximum Gasteiger partial charge on any atom is 0.229 e. The smallest absolute Gasteiger partial charge is 0.229 e. The standard InChI is InChI=1S/C17H18FN5O/c1-10(2)17-21-15(22-24-17)13-7-4-8-23(13)16-11-5-3-6-12(18)14(11)19-9-20-16/h3,5-6,9-10,13H,4,7-8H2,1-2H3. The van der Waals surface area contributed by atoms with Crippen molar-refractivity contribution in [1.82, 2.24) is 20.1 Å². The molecule has 0 aliphatic carbocycles. The van der Waals surface area contributed by atoms with Crippen molar-refractivity contribution in [2.24, 2.45) is 0 Å². The number of fused-ring (bicyclic) bond motifs is 1. The van der Waals surface area contributed by atoms with E-state index in [-0.39, 0.29) is 17.8 Å². The highest BCUT2D eigenvalue weighted by molar-refractivity contribution is 5.89. The molecule has 4 rings (SSSR count). The summed E-state index contributed by atoms with van der Waals surface area (Å²) >= 11 is 0. The van der Waals surface area contributed by atoms with Crippen LogP contribution in [0.2, 0.25) is 0 Å². The molecule has 1 atom stereocenters. The van der Waals surface area contributed by atoms with Crippen molar-refractivity contribution in [1.29, 1.82) is 0 Å². The van der Waals surface area contributed by atoms with E-state index >= 15 is 0 Å². The van der Waals surface area contributed by atoms with Gasteiger partial charge in [-0.15, -0.1) is 0 Å². The van der Waals surface area contributed by atoms with Crippen LogP contribution in [0, 0.1) is 5.82 Å². The molecule has 24 heavy (non-hydrogen) atoms. The van der Waals surface area contributed by atoms with Gasteiger partial charge >= 0.3 is 0 Å². The first kappa shape index (κ1) is 15.0. The summed E-state index contributed by atoms with van der Waals surface area (Å²) in [7, 11) is 0. The zero-order chi connectivity index (χ0) is 16.7. The number of anilines is 1. The molecule has 3 aromatic rings. The topological polar surface area (TPSA) is 67.9 Å². The van der Waals surface area contributed by atoms with E-state index in [1.807, 2.05) is 19.9 Å². The summed E-state index contributed by atoms with van der Waals surface area (Å²) in [5.41, 5.74) is 0.337. The molecule has 0 N–H and O–H groups in total. The normalized spacial score (nSPS) is 18.0. The van der Waals surface area contributed by atoms with Crippen LogP contribution in [0.1, 0.15) is 50.4 Å². The largest absolute Gasteiger partial charge is 0.346 e. The highest BCUT2D eigenvalue weighted by Gasteiger charge is 2.32. The molecule has 1 aliphatic rings. The van der Waals surface area contributed by atoms with Gasteiger partial charge in [0.1, 0.15) is 23.5 Å². The fourth-order valence-corrected chi connectivity index (χ4v) is 3.17. The minimum Gasteiger partial charge on any atom is -0.346 e. The third-order valence-corrected chi connectivity index (χ3v) is 4.37. The minimum absolute atomic E-state index is 0.0115. The van der Waals surface area contributed by atoms with Gasteiger partial charge < -0.3 is 9.42 Å². The summed E-state index contributed by atoms with van der Waals surface area (Å²) in [4.78, 5) is 15.1. The lowest BCUT2D eigenvalue weighted by atomic mass is 10.1. The number of aromatic nitrogens is 4. The van der Waals surface area contributed by atoms with Crippen LogP contribution in [0.3, 0.4) is 0 Å². The third-order valence-electron chi connectivity index (χ3n) is 4.37. The predicted molar refractivity (Wildman–Crippen MR) is 87.2 cm³/mol. The second-order valence-corrected chi connectivity index (χ2v) is 6.33. The van der Waals surface area contributed by atoms with E-state index in [9.17, 15) is 4.39 Å². The Hall–Kier alpha value is -2.57. The van der Waals surface area contributed by atoms with Gasteiger partial charge in [-0.3, -0.25) is 0 Å². The average Bonchev–Trinajstić information content (AvgIpc) is 3.24. The number of rotatable bonds is 3. The molecule has 3 heterocycles. The van der Waals surface area contributed by atoms with Gasteiger partial charge in [0.25, 0.3) is 0 Å². The second kappa shape index (κ2) is 5.81. The number of para-hydroxylation sites is 1. The summed E-state index contributed by atoms with van der Waals surface area (Å²) in [6.45, 7) is 4.85. The number of nitrogens with zero attached hydrogens (tertiary/aromatic N) is 5. The van der Waals surface area contributed by atoms with E-state index in [1.54, 1.807) is 6.07 Å². The van der Waals surface area contributed by atoms with Gasteiger partial charge in [0.15, 0.2) is 5.82 Å². The Morgan fingerprint density at radius 2 is 2.17 bits per heavy atom. The quantitative estimate of drug-likeness (QED) is 0.732. The van der Waals surface area contributed by atoms with Gasteiger partial charge in [-0.25, -0.2) is 14.4 Å². The van der Waals surface area contributed by atoms with Crippen molar-refractivity contribution < 1.29 is 8.91 Å². The first-order valence-corrected chi connectivity index (χ1v) is 8.14. The fraction of sp³-hybridized carbons (Fsp3) is 0.412. The number of hydrogen-bond acceptors (Lipinski definition) is 6. The van der Waals surface area contributed by atoms with Crippen LogP contribution >= 0.6 is 0 Å². The molecular formula is C17H18FN5O. The average molecular weight is 327 g/mol. The first-order chi connectivity index (χ1) is 11.6. The number of hydrogen-bond donors (Lipinski definition) is 0. The molecule has 0 bridgehead atoms. The van der Waals surface area contributed by atoms with Gasteiger partial charge in [0.05, 0.1) is 6.04 Å². The van der Waals surface area contributed by atoms with Crippen molar-refractivity contribution in [3.8, 4) is 0 Å². The van der Waals surface area contributed by atoms with Crippen molar-refractivity contribution in [2.75, 3.05) is 11.4 Å². The lowest BCUT2D eigenvalue weighted by Crippen LogP contribution is -2.24. The molecule has 1 saturated heterocycles. The molecule has 1 fully saturated rings. The Morgan fingerprint density at radius 1 is 1.29 bits per heavy atom. The van der Waals surface area contributed by atoms with Gasteiger partial charge in [-0.05, 0) is 25.0 Å². The van der Waals surface area contributed by atoms with Crippen LogP contribution in [0.25, 0.3) is 10.9 Å². The summed E-state index contributed by atoms with van der Waals surface area (Å²) in [5.74, 6) is 1.87. The van der Waals surface area contributed by atoms with E-state index in [0.717, 1.165) is 25.2 Å². The van der Waals surface area contributed by atoms with Gasteiger partial charge in [0.2, 0.25) is 5.89 Å². The molecule has 1 aliphatic heterocycles. The van der Waals surface area contributed by atoms with Gasteiger partial charge in [0, 0.05) is 17.8 Å². The molecular weight excluding hydrogens is 309 g/mol. The molecule has 1 aromatic carbocycles. The fourth-order valence-electron chi connectivity index (χ4n) is 3.17. The Balaban J connectivity index is 1.76. The van der Waals surface area contributed by atoms with Crippen LogP contribution in [-0.4, -0.2) is 26.7 Å². The highest BCUT2D eigenvalue weighted by atomic mass is 19.1. The lowest BCUT2D eigenvalue weighted by Gasteiger charge is -2.24. The predicted octanol–water partition coefficient (Wildman–Crippen LogP) is 3.62. The molecule has 124 valence electrons. The molecule has 0 spiro atoms. The van der Waals surface area contributed by atoms with E-state index in [0.29, 0.717) is 22.6 Å². The summed E-state index contributed by atoms with van der Waals surface area (Å²) in [6.07, 6.45) is 3.32. The van der Waals surface area contributed by atoms with Crippen LogP contribution < -0.4 is 4.90 Å². The summed E-state index contributed by atoms with van der Waals surface area (Å²) in [5, 5.41) is 4.85. The Morgan fingerprint density at radius 3 is 2.96 bits per heavy atom. The van der Waals surface area contributed by atoms with E-state index in [1.165, 1.54) is 12.4 Å². The zero-order valence-corrected chi connectivity index (χ0v) is 13.6. The second-order valence-electron chi connectivity index (χ2n) is 6.33. The SMILES string of the molecule is CC(C)c1nc(C2CCCN2c2ncnc3c(F)cccc23)no1. The highest BCUT2D eigenvalue weighted by Crippen LogP contribution is 2.37. The molecule has 1 unspecified atom stereocenters. The van der Waals surface area contributed by atoms with Crippen molar-refractivity contribution in [2.45, 2.75) is 38.6 Å². The van der Waals surface area contributed by atoms with Crippen LogP contribution in [0.15, 0.2) is 29.0 Å². The number of benzene rings is 1. The molecule has 2 aromatic heterocycles. The Labute approximate surface area is 138 Å². The van der Waals surface area contributed by atoms with Crippen molar-refractivity contribution >= 4 is 16.7 Å². The first-order valence-electron chi connectivity index (χ1n) is 8.14. The Bertz CT molecular complexity index is 878. The maximum atomic E-state index is 14.0. The molecule has 7 heteroatoms. The van der Waals surface area contributed by atoms with E-state index in [2.05, 4.69) is 25.0 Å². The number of halogens is 1. The van der Waals surface area contributed by atoms with Crippen molar-refractivity contribution in [3.05, 3.63) is 42.1 Å². The van der Waals surface area contributed by atoms with E-state index in [4.69, 9.17) is 4.52 Å². The van der Waals surface area contributed by atoms with Gasteiger partial charge in [-0.1, -0.05) is 25.1 Å². The minimum atomic E-state index is -0.339. The molecule has 0 radical (unpaired) electrons. The Kier molecular flexibility index (Phi) is 3.63. The summed E-state index contributed by atoms with van der Waals surface area (Å²) < 4.78 is 19.4. The lowest BCUT2D eigenvalue weighted by molar-refractivity contribution is 0.358. The zero-order valence-electron chi connectivity index (χ0n) is 13.6. The van der Waals surface area contributed by atoms with Gasteiger partial charge in [-0.2, -0.15) is 4.98 Å². The van der Waals surface area contributed by atoms with Crippen LogP contribution in [0.5, 0.6) is 0 Å². The van der Waals surface area contributed by atoms with Crippen LogP contribution in [0.4, 0.5) is 10.2 Å². The van der Waals surface area contributed by atoms with E-state index < -0.39 is 0 Å². The molecule has 6 nitrogen and oxygen atoms in total. The monoisotopic (exact) mass is 327 g/mol. The van der Waals surface area contributed by atoms with Crippen LogP contribution in [-0.2, 0) is 0 Å². The third kappa shape index (κ3) is 2.40. The molecule has 0 amide bonds. The molecule has 0 saturated carbocycles. The maximum absolute atomic E-state index is 14.0. The van der Waals surface area contributed by atoms with Crippen molar-refractivity contribution in [3.63, 3.8) is 0 Å².